The molecule has 2 nitrogen and oxygen atoms in total. The zero-order valence-electron chi connectivity index (χ0n) is 12.4. The van der Waals surface area contributed by atoms with Crippen molar-refractivity contribution in [3.05, 3.63) is 22.4 Å². The van der Waals surface area contributed by atoms with Gasteiger partial charge in [-0.15, -0.1) is 11.3 Å². The van der Waals surface area contributed by atoms with Gasteiger partial charge < -0.3 is 10.2 Å². The van der Waals surface area contributed by atoms with Crippen LogP contribution in [0.25, 0.3) is 0 Å². The van der Waals surface area contributed by atoms with E-state index in [4.69, 9.17) is 0 Å². The van der Waals surface area contributed by atoms with Gasteiger partial charge in [0.25, 0.3) is 0 Å². The first-order chi connectivity index (χ1) is 9.25. The van der Waals surface area contributed by atoms with E-state index >= 15 is 0 Å². The number of likely N-dealkylation sites (N-methyl/N-ethyl adjacent to an activating group) is 1. The van der Waals surface area contributed by atoms with Gasteiger partial charge >= 0.3 is 0 Å². The van der Waals surface area contributed by atoms with Gasteiger partial charge in [-0.2, -0.15) is 0 Å². The van der Waals surface area contributed by atoms with Gasteiger partial charge in [0.1, 0.15) is 0 Å². The van der Waals surface area contributed by atoms with Gasteiger partial charge in [0.15, 0.2) is 0 Å². The lowest BCUT2D eigenvalue weighted by atomic mass is 9.87. The van der Waals surface area contributed by atoms with Gasteiger partial charge in [-0.25, -0.2) is 0 Å². The summed E-state index contributed by atoms with van der Waals surface area (Å²) in [5.41, 5.74) is 0. The third-order valence-electron chi connectivity index (χ3n) is 4.38. The normalized spacial score (nSPS) is 23.9. The van der Waals surface area contributed by atoms with Crippen molar-refractivity contribution in [1.82, 2.24) is 10.2 Å². The van der Waals surface area contributed by atoms with Crippen LogP contribution in [0.1, 0.15) is 37.5 Å². The summed E-state index contributed by atoms with van der Waals surface area (Å²) in [6.07, 6.45) is 6.80. The van der Waals surface area contributed by atoms with Gasteiger partial charge in [-0.1, -0.05) is 13.0 Å². The zero-order chi connectivity index (χ0) is 13.5. The Hall–Kier alpha value is -0.380. The van der Waals surface area contributed by atoms with E-state index in [1.165, 1.54) is 43.5 Å². The molecule has 1 aromatic rings. The molecule has 3 heteroatoms. The number of nitrogens with one attached hydrogen (secondary N) is 1. The highest BCUT2D eigenvalue weighted by atomic mass is 32.1. The van der Waals surface area contributed by atoms with Crippen LogP contribution in [0.2, 0.25) is 0 Å². The zero-order valence-corrected chi connectivity index (χ0v) is 13.2. The predicted octanol–water partition coefficient (Wildman–Crippen LogP) is 3.39. The molecule has 108 valence electrons. The summed E-state index contributed by atoms with van der Waals surface area (Å²) in [5.74, 6) is 0.952. The highest BCUT2D eigenvalue weighted by Gasteiger charge is 2.20. The maximum absolute atomic E-state index is 3.57. The quantitative estimate of drug-likeness (QED) is 0.770. The highest BCUT2D eigenvalue weighted by Crippen LogP contribution is 2.26. The van der Waals surface area contributed by atoms with Crippen molar-refractivity contribution in [2.24, 2.45) is 5.92 Å². The molecule has 1 aromatic heterocycles. The summed E-state index contributed by atoms with van der Waals surface area (Å²) in [4.78, 5) is 4.05. The molecule has 0 spiro atoms. The second kappa shape index (κ2) is 8.03. The van der Waals surface area contributed by atoms with E-state index in [0.717, 1.165) is 25.0 Å². The Balaban J connectivity index is 1.53. The molecule has 19 heavy (non-hydrogen) atoms. The first kappa shape index (κ1) is 15.0. The van der Waals surface area contributed by atoms with Gasteiger partial charge in [-0.05, 0) is 56.5 Å². The standard InChI is InChI=1S/C16H28N2S/c1-14-5-7-15(8-6-14)18(2)12-11-17-10-9-16-4-3-13-19-16/h3-4,13-15,17H,5-12H2,1-2H3. The highest BCUT2D eigenvalue weighted by molar-refractivity contribution is 7.09. The molecule has 0 aromatic carbocycles. The maximum atomic E-state index is 3.57. The minimum atomic E-state index is 0.829. The molecule has 0 bridgehead atoms. The van der Waals surface area contributed by atoms with Crippen LogP contribution < -0.4 is 5.32 Å². The molecule has 2 rings (SSSR count). The Kier molecular flexibility index (Phi) is 6.35. The number of hydrogen-bond acceptors (Lipinski definition) is 3. The second-order valence-corrected chi connectivity index (χ2v) is 7.01. The average molecular weight is 280 g/mol. The molecule has 0 aliphatic heterocycles. The molecule has 1 N–H and O–H groups in total. The summed E-state index contributed by atoms with van der Waals surface area (Å²) in [6.45, 7) is 5.80. The molecule has 1 saturated carbocycles. The van der Waals surface area contributed by atoms with Crippen molar-refractivity contribution >= 4 is 11.3 Å². The van der Waals surface area contributed by atoms with Crippen molar-refractivity contribution in [3.63, 3.8) is 0 Å². The Morgan fingerprint density at radius 3 is 2.74 bits per heavy atom. The van der Waals surface area contributed by atoms with Crippen molar-refractivity contribution < 1.29 is 0 Å². The van der Waals surface area contributed by atoms with E-state index < -0.39 is 0 Å². The number of rotatable bonds is 7. The first-order valence-corrected chi connectivity index (χ1v) is 8.57. The average Bonchev–Trinajstić information content (AvgIpc) is 2.92. The Morgan fingerprint density at radius 1 is 1.26 bits per heavy atom. The fourth-order valence-corrected chi connectivity index (χ4v) is 3.62. The van der Waals surface area contributed by atoms with Crippen LogP contribution in [0.3, 0.4) is 0 Å². The second-order valence-electron chi connectivity index (χ2n) is 5.97. The van der Waals surface area contributed by atoms with Crippen LogP contribution in [0.4, 0.5) is 0 Å². The summed E-state index contributed by atoms with van der Waals surface area (Å²) in [6, 6.07) is 5.19. The maximum Gasteiger partial charge on any atom is 0.0107 e. The Morgan fingerprint density at radius 2 is 2.05 bits per heavy atom. The van der Waals surface area contributed by atoms with Crippen molar-refractivity contribution in [2.45, 2.75) is 45.1 Å². The first-order valence-electron chi connectivity index (χ1n) is 7.69. The van der Waals surface area contributed by atoms with Crippen molar-refractivity contribution in [1.29, 1.82) is 0 Å². The summed E-state index contributed by atoms with van der Waals surface area (Å²) in [7, 11) is 2.29. The van der Waals surface area contributed by atoms with Gasteiger partial charge in [0.2, 0.25) is 0 Å². The van der Waals surface area contributed by atoms with Crippen molar-refractivity contribution in [3.8, 4) is 0 Å². The topological polar surface area (TPSA) is 15.3 Å². The van der Waals surface area contributed by atoms with Crippen LogP contribution in [-0.2, 0) is 6.42 Å². The van der Waals surface area contributed by atoms with E-state index in [1.54, 1.807) is 0 Å². The van der Waals surface area contributed by atoms with Gasteiger partial charge in [0, 0.05) is 30.6 Å². The summed E-state index contributed by atoms with van der Waals surface area (Å²) < 4.78 is 0. The fourth-order valence-electron chi connectivity index (χ4n) is 2.91. The van der Waals surface area contributed by atoms with Gasteiger partial charge in [-0.3, -0.25) is 0 Å². The molecular formula is C16H28N2S. The van der Waals surface area contributed by atoms with Crippen LogP contribution in [0, 0.1) is 5.92 Å². The molecule has 0 saturated heterocycles. The predicted molar refractivity (Wildman–Crippen MR) is 84.9 cm³/mol. The number of hydrogen-bond donors (Lipinski definition) is 1. The Labute approximate surface area is 122 Å². The third-order valence-corrected chi connectivity index (χ3v) is 5.31. The molecule has 1 aliphatic rings. The molecular weight excluding hydrogens is 252 g/mol. The molecule has 0 unspecified atom stereocenters. The number of nitrogens with zero attached hydrogens (tertiary/aromatic N) is 1. The fraction of sp³-hybridized carbons (Fsp3) is 0.750. The van der Waals surface area contributed by atoms with E-state index in [1.807, 2.05) is 11.3 Å². The molecule has 1 aliphatic carbocycles. The van der Waals surface area contributed by atoms with Crippen molar-refractivity contribution in [2.75, 3.05) is 26.7 Å². The minimum absolute atomic E-state index is 0.829. The summed E-state index contributed by atoms with van der Waals surface area (Å²) in [5, 5.41) is 5.73. The molecule has 1 heterocycles. The molecule has 0 radical (unpaired) electrons. The molecule has 0 atom stereocenters. The van der Waals surface area contributed by atoms with Crippen LogP contribution >= 0.6 is 11.3 Å². The SMILES string of the molecule is CC1CCC(N(C)CCNCCc2cccs2)CC1. The van der Waals surface area contributed by atoms with E-state index in [2.05, 4.69) is 41.7 Å². The monoisotopic (exact) mass is 280 g/mol. The minimum Gasteiger partial charge on any atom is -0.315 e. The van der Waals surface area contributed by atoms with E-state index in [9.17, 15) is 0 Å². The lowest BCUT2D eigenvalue weighted by Gasteiger charge is -2.33. The third kappa shape index (κ3) is 5.25. The Bertz CT molecular complexity index is 329. The largest absolute Gasteiger partial charge is 0.315 e. The molecule has 1 fully saturated rings. The number of thiophene rings is 1. The smallest absolute Gasteiger partial charge is 0.0107 e. The lowest BCUT2D eigenvalue weighted by molar-refractivity contribution is 0.171. The lowest BCUT2D eigenvalue weighted by Crippen LogP contribution is -2.39. The van der Waals surface area contributed by atoms with Crippen LogP contribution in [0.15, 0.2) is 17.5 Å². The van der Waals surface area contributed by atoms with E-state index in [0.29, 0.717) is 0 Å². The van der Waals surface area contributed by atoms with Gasteiger partial charge in [0.05, 0.1) is 0 Å². The molecule has 0 amide bonds. The van der Waals surface area contributed by atoms with E-state index in [-0.39, 0.29) is 0 Å². The van der Waals surface area contributed by atoms with Crippen LogP contribution in [0.5, 0.6) is 0 Å². The summed E-state index contributed by atoms with van der Waals surface area (Å²) >= 11 is 1.86. The van der Waals surface area contributed by atoms with Crippen LogP contribution in [-0.4, -0.2) is 37.6 Å².